The number of carbonyl (C=O) groups excluding carboxylic acids is 2. The molecule has 1 heterocycles. The van der Waals surface area contributed by atoms with E-state index in [1.807, 2.05) is 24.3 Å². The van der Waals surface area contributed by atoms with E-state index < -0.39 is 6.04 Å². The Morgan fingerprint density at radius 1 is 0.926 bits per heavy atom. The van der Waals surface area contributed by atoms with Gasteiger partial charge in [0.15, 0.2) is 0 Å². The van der Waals surface area contributed by atoms with Crippen LogP contribution in [0.25, 0.3) is 0 Å². The molecule has 1 saturated heterocycles. The Morgan fingerprint density at radius 2 is 1.48 bits per heavy atom. The molecule has 0 saturated carbocycles. The standard InChI is InChI=1S/C21H23NO5/c1-25-16-7-5-15(6-8-16)22-20(14-23)19(21(22)24)4-3-13-27-18-11-9-17(26-2)10-12-18/h5-12,14,19-20H,3-4,13H2,1-2H3/t19-,20+/m1/s1. The predicted molar refractivity (Wildman–Crippen MR) is 102 cm³/mol. The topological polar surface area (TPSA) is 65.1 Å². The molecule has 3 rings (SSSR count). The van der Waals surface area contributed by atoms with Gasteiger partial charge in [-0.05, 0) is 61.4 Å². The second-order valence-corrected chi connectivity index (χ2v) is 6.31. The van der Waals surface area contributed by atoms with E-state index in [9.17, 15) is 9.59 Å². The summed E-state index contributed by atoms with van der Waals surface area (Å²) in [5, 5.41) is 0. The highest BCUT2D eigenvalue weighted by molar-refractivity contribution is 6.08. The van der Waals surface area contributed by atoms with E-state index in [1.165, 1.54) is 0 Å². The van der Waals surface area contributed by atoms with Crippen LogP contribution < -0.4 is 19.1 Å². The van der Waals surface area contributed by atoms with Crippen molar-refractivity contribution in [1.29, 1.82) is 0 Å². The Hall–Kier alpha value is -3.02. The molecule has 6 heteroatoms. The molecule has 27 heavy (non-hydrogen) atoms. The molecule has 142 valence electrons. The summed E-state index contributed by atoms with van der Waals surface area (Å²) in [6, 6.07) is 14.1. The number of carbonyl (C=O) groups is 2. The highest BCUT2D eigenvalue weighted by Gasteiger charge is 2.47. The Balaban J connectivity index is 1.50. The van der Waals surface area contributed by atoms with Crippen LogP contribution in [0.3, 0.4) is 0 Å². The van der Waals surface area contributed by atoms with E-state index in [-0.39, 0.29) is 11.8 Å². The maximum Gasteiger partial charge on any atom is 0.233 e. The summed E-state index contributed by atoms with van der Waals surface area (Å²) >= 11 is 0. The Labute approximate surface area is 158 Å². The van der Waals surface area contributed by atoms with E-state index in [2.05, 4.69) is 0 Å². The van der Waals surface area contributed by atoms with Crippen molar-refractivity contribution in [3.63, 3.8) is 0 Å². The second-order valence-electron chi connectivity index (χ2n) is 6.31. The average molecular weight is 369 g/mol. The SMILES string of the molecule is COc1ccc(OCCC[C@H]2C(=O)N(c3ccc(OC)cc3)[C@H]2C=O)cc1. The van der Waals surface area contributed by atoms with Gasteiger partial charge in [0, 0.05) is 5.69 Å². The number of β-lactam (4-membered cyclic amide) rings is 1. The number of methoxy groups -OCH3 is 2. The van der Waals surface area contributed by atoms with Crippen LogP contribution in [-0.4, -0.2) is 39.1 Å². The Kier molecular flexibility index (Phi) is 5.96. The zero-order chi connectivity index (χ0) is 19.2. The lowest BCUT2D eigenvalue weighted by atomic mass is 9.84. The molecule has 1 aliphatic rings. The number of hydrogen-bond acceptors (Lipinski definition) is 5. The van der Waals surface area contributed by atoms with E-state index in [4.69, 9.17) is 14.2 Å². The normalized spacial score (nSPS) is 18.6. The van der Waals surface area contributed by atoms with Gasteiger partial charge in [0.1, 0.15) is 29.6 Å². The van der Waals surface area contributed by atoms with Crippen LogP contribution in [0.1, 0.15) is 12.8 Å². The van der Waals surface area contributed by atoms with Gasteiger partial charge in [-0.15, -0.1) is 0 Å². The molecule has 1 amide bonds. The highest BCUT2D eigenvalue weighted by Crippen LogP contribution is 2.35. The van der Waals surface area contributed by atoms with Crippen LogP contribution in [-0.2, 0) is 9.59 Å². The minimum absolute atomic E-state index is 0.0262. The van der Waals surface area contributed by atoms with Crippen molar-refractivity contribution < 1.29 is 23.8 Å². The molecule has 2 aromatic rings. The fourth-order valence-electron chi connectivity index (χ4n) is 3.23. The van der Waals surface area contributed by atoms with Crippen molar-refractivity contribution >= 4 is 17.9 Å². The van der Waals surface area contributed by atoms with Gasteiger partial charge in [-0.2, -0.15) is 0 Å². The number of amides is 1. The first kappa shape index (κ1) is 18.8. The third-order valence-corrected chi connectivity index (χ3v) is 4.74. The zero-order valence-corrected chi connectivity index (χ0v) is 15.5. The number of rotatable bonds is 9. The molecule has 0 aliphatic carbocycles. The number of benzene rings is 2. The van der Waals surface area contributed by atoms with Gasteiger partial charge in [0.25, 0.3) is 0 Å². The Morgan fingerprint density at radius 3 is 2.04 bits per heavy atom. The van der Waals surface area contributed by atoms with Crippen molar-refractivity contribution in [2.45, 2.75) is 18.9 Å². The van der Waals surface area contributed by atoms with Crippen LogP contribution in [0.15, 0.2) is 48.5 Å². The highest BCUT2D eigenvalue weighted by atomic mass is 16.5. The van der Waals surface area contributed by atoms with Crippen LogP contribution in [0.4, 0.5) is 5.69 Å². The molecule has 0 spiro atoms. The summed E-state index contributed by atoms with van der Waals surface area (Å²) in [6.07, 6.45) is 2.16. The first-order valence-electron chi connectivity index (χ1n) is 8.87. The van der Waals surface area contributed by atoms with Gasteiger partial charge in [-0.3, -0.25) is 4.79 Å². The summed E-state index contributed by atoms with van der Waals surface area (Å²) in [4.78, 5) is 25.5. The van der Waals surface area contributed by atoms with Crippen molar-refractivity contribution in [3.8, 4) is 17.2 Å². The smallest absolute Gasteiger partial charge is 0.233 e. The molecular weight excluding hydrogens is 346 g/mol. The predicted octanol–water partition coefficient (Wildman–Crippen LogP) is 3.09. The van der Waals surface area contributed by atoms with Gasteiger partial charge < -0.3 is 23.9 Å². The van der Waals surface area contributed by atoms with Gasteiger partial charge in [0.05, 0.1) is 26.7 Å². The van der Waals surface area contributed by atoms with Crippen LogP contribution >= 0.6 is 0 Å². The lowest BCUT2D eigenvalue weighted by molar-refractivity contribution is -0.134. The molecule has 0 N–H and O–H groups in total. The minimum Gasteiger partial charge on any atom is -0.497 e. The summed E-state index contributed by atoms with van der Waals surface area (Å²) in [5.41, 5.74) is 0.712. The van der Waals surface area contributed by atoms with Crippen molar-refractivity contribution in [2.75, 3.05) is 25.7 Å². The second kappa shape index (κ2) is 8.58. The molecule has 1 fully saturated rings. The molecule has 0 bridgehead atoms. The largest absolute Gasteiger partial charge is 0.497 e. The molecule has 1 aliphatic heterocycles. The summed E-state index contributed by atoms with van der Waals surface area (Å²) in [5.74, 6) is 1.92. The molecule has 6 nitrogen and oxygen atoms in total. The van der Waals surface area contributed by atoms with E-state index >= 15 is 0 Å². The third kappa shape index (κ3) is 4.05. The van der Waals surface area contributed by atoms with E-state index in [1.54, 1.807) is 43.4 Å². The van der Waals surface area contributed by atoms with E-state index in [0.29, 0.717) is 30.9 Å². The minimum atomic E-state index is -0.424. The maximum atomic E-state index is 12.5. The number of anilines is 1. The van der Waals surface area contributed by atoms with Crippen molar-refractivity contribution in [2.24, 2.45) is 5.92 Å². The molecule has 2 atom stereocenters. The summed E-state index contributed by atoms with van der Waals surface area (Å²) in [6.45, 7) is 0.490. The maximum absolute atomic E-state index is 12.5. The summed E-state index contributed by atoms with van der Waals surface area (Å²) < 4.78 is 15.9. The van der Waals surface area contributed by atoms with Crippen LogP contribution in [0, 0.1) is 5.92 Å². The number of aldehydes is 1. The van der Waals surface area contributed by atoms with Gasteiger partial charge in [0.2, 0.25) is 5.91 Å². The first-order chi connectivity index (χ1) is 13.2. The van der Waals surface area contributed by atoms with Crippen molar-refractivity contribution in [1.82, 2.24) is 0 Å². The average Bonchev–Trinajstić information content (AvgIpc) is 2.72. The summed E-state index contributed by atoms with van der Waals surface area (Å²) in [7, 11) is 3.20. The van der Waals surface area contributed by atoms with Gasteiger partial charge in [-0.1, -0.05) is 0 Å². The van der Waals surface area contributed by atoms with Crippen LogP contribution in [0.2, 0.25) is 0 Å². The first-order valence-corrected chi connectivity index (χ1v) is 8.87. The molecular formula is C21H23NO5. The lowest BCUT2D eigenvalue weighted by Crippen LogP contribution is -2.62. The fraction of sp³-hybridized carbons (Fsp3) is 0.333. The molecule has 0 unspecified atom stereocenters. The lowest BCUT2D eigenvalue weighted by Gasteiger charge is -2.44. The monoisotopic (exact) mass is 369 g/mol. The zero-order valence-electron chi connectivity index (χ0n) is 15.5. The quantitative estimate of drug-likeness (QED) is 0.386. The van der Waals surface area contributed by atoms with E-state index in [0.717, 1.165) is 17.8 Å². The number of nitrogens with zero attached hydrogens (tertiary/aromatic N) is 1. The van der Waals surface area contributed by atoms with Gasteiger partial charge in [-0.25, -0.2) is 0 Å². The third-order valence-electron chi connectivity index (χ3n) is 4.74. The molecule has 2 aromatic carbocycles. The fourth-order valence-corrected chi connectivity index (χ4v) is 3.23. The number of hydrogen-bond donors (Lipinski definition) is 0. The van der Waals surface area contributed by atoms with Crippen LogP contribution in [0.5, 0.6) is 17.2 Å². The van der Waals surface area contributed by atoms with Crippen molar-refractivity contribution in [3.05, 3.63) is 48.5 Å². The van der Waals surface area contributed by atoms with Gasteiger partial charge >= 0.3 is 0 Å². The molecule has 0 aromatic heterocycles. The number of ether oxygens (including phenoxy) is 3. The molecule has 0 radical (unpaired) electrons. The Bertz CT molecular complexity index is 772.